The molecule has 1 saturated heterocycles. The van der Waals surface area contributed by atoms with E-state index < -0.39 is 0 Å². The van der Waals surface area contributed by atoms with E-state index >= 15 is 0 Å². The molecule has 0 aromatic heterocycles. The first-order chi connectivity index (χ1) is 21.0. The Bertz CT molecular complexity index is 1170. The first-order valence-corrected chi connectivity index (χ1v) is 15.8. The standard InChI is InChI=1S/C34H49N3O6/c1-5-36(2)32(38)23-43-31-21-35-20-30(33(31)25-8-10-26(11-9-25)34(40-4)27-12-13-27)42-22-24-7-14-29-28(19-24)37(16-18-41-29)15-6-17-39-3/h7-11,14,19,27,30-31,33-35H,5-6,12-13,15-18,20-23H2,1-4H3/t30-,31+,33+,34?/m0/s1. The lowest BCUT2D eigenvalue weighted by Crippen LogP contribution is -2.51. The van der Waals surface area contributed by atoms with Crippen molar-refractivity contribution in [3.8, 4) is 5.75 Å². The van der Waals surface area contributed by atoms with Crippen molar-refractivity contribution in [3.05, 3.63) is 59.2 Å². The summed E-state index contributed by atoms with van der Waals surface area (Å²) in [5.41, 5.74) is 4.58. The summed E-state index contributed by atoms with van der Waals surface area (Å²) in [5, 5.41) is 3.50. The van der Waals surface area contributed by atoms with E-state index in [2.05, 4.69) is 52.7 Å². The van der Waals surface area contributed by atoms with Crippen molar-refractivity contribution in [2.75, 3.05) is 78.7 Å². The largest absolute Gasteiger partial charge is 0.490 e. The highest BCUT2D eigenvalue weighted by Crippen LogP contribution is 2.43. The molecular weight excluding hydrogens is 546 g/mol. The molecule has 0 spiro atoms. The first kappa shape index (κ1) is 31.7. The number of rotatable bonds is 15. The average Bonchev–Trinajstić information content (AvgIpc) is 3.88. The van der Waals surface area contributed by atoms with E-state index in [1.165, 1.54) is 18.4 Å². The summed E-state index contributed by atoms with van der Waals surface area (Å²) in [6, 6.07) is 15.1. The molecule has 2 heterocycles. The molecule has 3 aliphatic rings. The van der Waals surface area contributed by atoms with Crippen LogP contribution in [-0.2, 0) is 30.3 Å². The predicted octanol–water partition coefficient (Wildman–Crippen LogP) is 4.16. The van der Waals surface area contributed by atoms with Crippen molar-refractivity contribution in [2.24, 2.45) is 5.92 Å². The predicted molar refractivity (Wildman–Crippen MR) is 167 cm³/mol. The lowest BCUT2D eigenvalue weighted by molar-refractivity contribution is -0.139. The number of nitrogens with one attached hydrogen (secondary N) is 1. The molecule has 43 heavy (non-hydrogen) atoms. The van der Waals surface area contributed by atoms with Gasteiger partial charge in [-0.15, -0.1) is 0 Å². The molecule has 4 atom stereocenters. The van der Waals surface area contributed by atoms with E-state index in [1.54, 1.807) is 26.2 Å². The smallest absolute Gasteiger partial charge is 0.248 e. The van der Waals surface area contributed by atoms with Crippen LogP contribution in [0.25, 0.3) is 0 Å². The van der Waals surface area contributed by atoms with Crippen LogP contribution in [-0.4, -0.2) is 96.8 Å². The van der Waals surface area contributed by atoms with Crippen molar-refractivity contribution in [1.29, 1.82) is 0 Å². The maximum absolute atomic E-state index is 12.6. The van der Waals surface area contributed by atoms with E-state index in [0.717, 1.165) is 48.7 Å². The van der Waals surface area contributed by atoms with Crippen molar-refractivity contribution in [3.63, 3.8) is 0 Å². The van der Waals surface area contributed by atoms with Crippen molar-refractivity contribution < 1.29 is 28.5 Å². The summed E-state index contributed by atoms with van der Waals surface area (Å²) in [6.45, 7) is 7.72. The number of amides is 1. The Hall–Kier alpha value is -2.69. The minimum absolute atomic E-state index is 0.0154. The van der Waals surface area contributed by atoms with Gasteiger partial charge in [-0.3, -0.25) is 4.79 Å². The summed E-state index contributed by atoms with van der Waals surface area (Å²) in [7, 11) is 5.35. The summed E-state index contributed by atoms with van der Waals surface area (Å²) in [4.78, 5) is 16.7. The number of piperidine rings is 1. The lowest BCUT2D eigenvalue weighted by atomic mass is 9.84. The average molecular weight is 596 g/mol. The molecule has 236 valence electrons. The van der Waals surface area contributed by atoms with Crippen LogP contribution < -0.4 is 15.0 Å². The highest BCUT2D eigenvalue weighted by atomic mass is 16.5. The third-order valence-electron chi connectivity index (χ3n) is 8.99. The van der Waals surface area contributed by atoms with Gasteiger partial charge in [0.25, 0.3) is 0 Å². The number of hydrogen-bond acceptors (Lipinski definition) is 8. The van der Waals surface area contributed by atoms with Gasteiger partial charge in [-0.05, 0) is 60.9 Å². The summed E-state index contributed by atoms with van der Waals surface area (Å²) < 4.78 is 30.0. The maximum atomic E-state index is 12.6. The van der Waals surface area contributed by atoms with Crippen LogP contribution in [0.4, 0.5) is 5.69 Å². The Labute approximate surface area is 256 Å². The number of methoxy groups -OCH3 is 2. The molecule has 1 N–H and O–H groups in total. The van der Waals surface area contributed by atoms with Gasteiger partial charge in [0.1, 0.15) is 19.0 Å². The third-order valence-corrected chi connectivity index (χ3v) is 8.99. The Morgan fingerprint density at radius 2 is 1.86 bits per heavy atom. The third kappa shape index (κ3) is 8.08. The number of hydrogen-bond donors (Lipinski definition) is 1. The zero-order chi connectivity index (χ0) is 30.2. The summed E-state index contributed by atoms with van der Waals surface area (Å²) in [5.74, 6) is 1.49. The number of benzene rings is 2. The van der Waals surface area contributed by atoms with Crippen LogP contribution in [0.1, 0.15) is 54.9 Å². The number of ether oxygens (including phenoxy) is 5. The number of fused-ring (bicyclic) bond motifs is 1. The summed E-state index contributed by atoms with van der Waals surface area (Å²) >= 11 is 0. The molecule has 2 aliphatic heterocycles. The molecule has 1 aliphatic carbocycles. The normalized spacial score (nSPS) is 22.5. The van der Waals surface area contributed by atoms with Gasteiger partial charge in [0.05, 0.1) is 37.2 Å². The van der Waals surface area contributed by atoms with Gasteiger partial charge < -0.3 is 38.8 Å². The Morgan fingerprint density at radius 1 is 1.09 bits per heavy atom. The van der Waals surface area contributed by atoms with Gasteiger partial charge in [-0.2, -0.15) is 0 Å². The molecule has 2 aromatic rings. The number of carbonyl (C=O) groups excluding carboxylic acids is 1. The van der Waals surface area contributed by atoms with Crippen LogP contribution >= 0.6 is 0 Å². The van der Waals surface area contributed by atoms with Gasteiger partial charge in [0.2, 0.25) is 5.91 Å². The van der Waals surface area contributed by atoms with Crippen LogP contribution in [0.5, 0.6) is 5.75 Å². The second-order valence-electron chi connectivity index (χ2n) is 11.9. The van der Waals surface area contributed by atoms with E-state index in [9.17, 15) is 4.79 Å². The van der Waals surface area contributed by atoms with E-state index in [-0.39, 0.29) is 36.7 Å². The van der Waals surface area contributed by atoms with Crippen LogP contribution in [0.2, 0.25) is 0 Å². The fraction of sp³-hybridized carbons (Fsp3) is 0.618. The molecule has 9 nitrogen and oxygen atoms in total. The van der Waals surface area contributed by atoms with E-state index in [1.807, 2.05) is 6.92 Å². The minimum Gasteiger partial charge on any atom is -0.490 e. The van der Waals surface area contributed by atoms with E-state index in [0.29, 0.717) is 38.8 Å². The second-order valence-corrected chi connectivity index (χ2v) is 11.9. The second kappa shape index (κ2) is 15.3. The molecule has 2 aromatic carbocycles. The summed E-state index contributed by atoms with van der Waals surface area (Å²) in [6.07, 6.45) is 3.23. The monoisotopic (exact) mass is 595 g/mol. The molecule has 1 unspecified atom stereocenters. The van der Waals surface area contributed by atoms with Gasteiger partial charge in [-0.25, -0.2) is 0 Å². The van der Waals surface area contributed by atoms with Gasteiger partial charge in [0.15, 0.2) is 0 Å². The van der Waals surface area contributed by atoms with Crippen LogP contribution in [0, 0.1) is 5.92 Å². The van der Waals surface area contributed by atoms with Gasteiger partial charge in [0, 0.05) is 60.0 Å². The zero-order valence-electron chi connectivity index (χ0n) is 26.3. The van der Waals surface area contributed by atoms with E-state index in [4.69, 9.17) is 23.7 Å². The molecule has 0 radical (unpaired) electrons. The van der Waals surface area contributed by atoms with Crippen molar-refractivity contribution in [2.45, 2.75) is 57.0 Å². The first-order valence-electron chi connectivity index (χ1n) is 15.8. The van der Waals surface area contributed by atoms with Gasteiger partial charge in [-0.1, -0.05) is 30.3 Å². The number of likely N-dealkylation sites (N-methyl/N-ethyl adjacent to an activating group) is 1. The fourth-order valence-electron chi connectivity index (χ4n) is 6.23. The fourth-order valence-corrected chi connectivity index (χ4v) is 6.23. The number of anilines is 1. The molecular formula is C34H49N3O6. The van der Waals surface area contributed by atoms with Crippen LogP contribution in [0.15, 0.2) is 42.5 Å². The molecule has 9 heteroatoms. The minimum atomic E-state index is -0.200. The topological polar surface area (TPSA) is 81.7 Å². The molecule has 5 rings (SSSR count). The van der Waals surface area contributed by atoms with Crippen LogP contribution in [0.3, 0.4) is 0 Å². The highest BCUT2D eigenvalue weighted by molar-refractivity contribution is 5.77. The SMILES string of the molecule is CCN(C)C(=O)CO[C@@H]1CNC[C@H](OCc2ccc3c(c2)N(CCCOC)CCO3)[C@H]1c1ccc(C(OC)C2CC2)cc1. The quantitative estimate of drug-likeness (QED) is 0.308. The molecule has 1 amide bonds. The van der Waals surface area contributed by atoms with Crippen molar-refractivity contribution >= 4 is 11.6 Å². The molecule has 2 fully saturated rings. The maximum Gasteiger partial charge on any atom is 0.248 e. The lowest BCUT2D eigenvalue weighted by Gasteiger charge is -2.39. The van der Waals surface area contributed by atoms with Crippen molar-refractivity contribution in [1.82, 2.24) is 10.2 Å². The van der Waals surface area contributed by atoms with Gasteiger partial charge >= 0.3 is 0 Å². The Kier molecular flexibility index (Phi) is 11.3. The Morgan fingerprint density at radius 3 is 2.56 bits per heavy atom. The number of nitrogens with zero attached hydrogens (tertiary/aromatic N) is 2. The number of carbonyl (C=O) groups is 1. The molecule has 1 saturated carbocycles. The zero-order valence-corrected chi connectivity index (χ0v) is 26.3. The highest BCUT2D eigenvalue weighted by Gasteiger charge is 2.37. The Balaban J connectivity index is 1.32. The molecule has 0 bridgehead atoms.